The SMILES string of the molecule is CC(C)(C)c1nsc(NC(=O)CCC2CCCCC2)n1. The highest BCUT2D eigenvalue weighted by molar-refractivity contribution is 7.09. The largest absolute Gasteiger partial charge is 0.301 e. The van der Waals surface area contributed by atoms with Crippen LogP contribution in [0.5, 0.6) is 0 Å². The van der Waals surface area contributed by atoms with Gasteiger partial charge in [0.2, 0.25) is 11.0 Å². The molecule has 1 aliphatic carbocycles. The fourth-order valence-corrected chi connectivity index (χ4v) is 3.35. The first kappa shape index (κ1) is 15.4. The Hall–Kier alpha value is -0.970. The highest BCUT2D eigenvalue weighted by Crippen LogP contribution is 2.27. The van der Waals surface area contributed by atoms with Gasteiger partial charge in [-0.25, -0.2) is 4.98 Å². The summed E-state index contributed by atoms with van der Waals surface area (Å²) in [6, 6.07) is 0. The first-order valence-corrected chi connectivity index (χ1v) is 8.36. The molecule has 4 nitrogen and oxygen atoms in total. The third-order valence-corrected chi connectivity index (χ3v) is 4.48. The Balaban J connectivity index is 1.77. The van der Waals surface area contributed by atoms with Crippen LogP contribution in [0.15, 0.2) is 0 Å². The topological polar surface area (TPSA) is 54.9 Å². The van der Waals surface area contributed by atoms with Gasteiger partial charge in [-0.3, -0.25) is 4.79 Å². The molecule has 1 amide bonds. The molecule has 1 fully saturated rings. The van der Waals surface area contributed by atoms with Crippen LogP contribution in [-0.4, -0.2) is 15.3 Å². The quantitative estimate of drug-likeness (QED) is 0.908. The van der Waals surface area contributed by atoms with Crippen LogP contribution in [0.25, 0.3) is 0 Å². The Labute approximate surface area is 125 Å². The number of hydrogen-bond acceptors (Lipinski definition) is 4. The summed E-state index contributed by atoms with van der Waals surface area (Å²) in [6.07, 6.45) is 8.23. The Morgan fingerprint density at radius 2 is 2.00 bits per heavy atom. The molecule has 1 heterocycles. The molecule has 0 atom stereocenters. The molecule has 0 aromatic carbocycles. The van der Waals surface area contributed by atoms with E-state index in [-0.39, 0.29) is 11.3 Å². The van der Waals surface area contributed by atoms with Crippen molar-refractivity contribution in [2.75, 3.05) is 5.32 Å². The van der Waals surface area contributed by atoms with Gasteiger partial charge in [0.1, 0.15) is 5.82 Å². The van der Waals surface area contributed by atoms with E-state index in [0.29, 0.717) is 11.6 Å². The van der Waals surface area contributed by atoms with Gasteiger partial charge in [-0.15, -0.1) is 0 Å². The summed E-state index contributed by atoms with van der Waals surface area (Å²) in [5.41, 5.74) is -0.0679. The molecule has 1 aromatic rings. The Kier molecular flexibility index (Phi) is 5.13. The number of carbonyl (C=O) groups excluding carboxylic acids is 1. The first-order valence-electron chi connectivity index (χ1n) is 7.59. The zero-order valence-corrected chi connectivity index (χ0v) is 13.6. The van der Waals surface area contributed by atoms with E-state index in [0.717, 1.165) is 18.2 Å². The third kappa shape index (κ3) is 4.54. The minimum Gasteiger partial charge on any atom is -0.301 e. The van der Waals surface area contributed by atoms with Crippen molar-refractivity contribution in [3.63, 3.8) is 0 Å². The lowest BCUT2D eigenvalue weighted by Crippen LogP contribution is -2.16. The number of amides is 1. The van der Waals surface area contributed by atoms with Gasteiger partial charge in [0.25, 0.3) is 0 Å². The second-order valence-electron chi connectivity index (χ2n) is 6.76. The molecular weight excluding hydrogens is 270 g/mol. The van der Waals surface area contributed by atoms with Gasteiger partial charge >= 0.3 is 0 Å². The van der Waals surface area contributed by atoms with Crippen molar-refractivity contribution in [3.05, 3.63) is 5.82 Å². The number of anilines is 1. The summed E-state index contributed by atoms with van der Waals surface area (Å²) >= 11 is 1.27. The van der Waals surface area contributed by atoms with E-state index in [1.807, 2.05) is 0 Å². The van der Waals surface area contributed by atoms with E-state index in [2.05, 4.69) is 35.4 Å². The van der Waals surface area contributed by atoms with Crippen LogP contribution in [0.1, 0.15) is 71.5 Å². The molecule has 0 unspecified atom stereocenters. The van der Waals surface area contributed by atoms with Gasteiger partial charge < -0.3 is 5.32 Å². The summed E-state index contributed by atoms with van der Waals surface area (Å²) in [5.74, 6) is 1.62. The number of nitrogens with one attached hydrogen (secondary N) is 1. The first-order chi connectivity index (χ1) is 9.45. The maximum Gasteiger partial charge on any atom is 0.226 e. The zero-order chi connectivity index (χ0) is 14.6. The van der Waals surface area contributed by atoms with Crippen molar-refractivity contribution in [3.8, 4) is 0 Å². The average Bonchev–Trinajstić information content (AvgIpc) is 2.86. The van der Waals surface area contributed by atoms with Crippen molar-refractivity contribution in [1.29, 1.82) is 0 Å². The molecular formula is C15H25N3OS. The summed E-state index contributed by atoms with van der Waals surface area (Å²) in [4.78, 5) is 16.3. The number of rotatable bonds is 4. The predicted molar refractivity (Wildman–Crippen MR) is 83.0 cm³/mol. The smallest absolute Gasteiger partial charge is 0.226 e. The summed E-state index contributed by atoms with van der Waals surface area (Å²) < 4.78 is 4.31. The molecule has 0 spiro atoms. The van der Waals surface area contributed by atoms with Gasteiger partial charge in [0, 0.05) is 23.4 Å². The molecule has 0 radical (unpaired) electrons. The summed E-state index contributed by atoms with van der Waals surface area (Å²) in [5, 5.41) is 3.51. The van der Waals surface area contributed by atoms with Crippen LogP contribution < -0.4 is 5.32 Å². The molecule has 20 heavy (non-hydrogen) atoms. The van der Waals surface area contributed by atoms with E-state index in [1.54, 1.807) is 0 Å². The van der Waals surface area contributed by atoms with Crippen molar-refractivity contribution in [2.24, 2.45) is 5.92 Å². The standard InChI is InChI=1S/C15H25N3OS/c1-15(2,3)13-17-14(20-18-13)16-12(19)10-9-11-7-5-4-6-8-11/h11H,4-10H2,1-3H3,(H,16,17,18,19). The van der Waals surface area contributed by atoms with Crippen LogP contribution in [0, 0.1) is 5.92 Å². The minimum atomic E-state index is -0.0679. The number of nitrogens with zero attached hydrogens (tertiary/aromatic N) is 2. The van der Waals surface area contributed by atoms with Gasteiger partial charge in [0.15, 0.2) is 0 Å². The van der Waals surface area contributed by atoms with E-state index >= 15 is 0 Å². The molecule has 112 valence electrons. The maximum atomic E-state index is 11.9. The predicted octanol–water partition coefficient (Wildman–Crippen LogP) is 4.13. The van der Waals surface area contributed by atoms with Crippen molar-refractivity contribution < 1.29 is 4.79 Å². The third-order valence-electron chi connectivity index (χ3n) is 3.85. The van der Waals surface area contributed by atoms with Gasteiger partial charge in [0.05, 0.1) is 0 Å². The lowest BCUT2D eigenvalue weighted by molar-refractivity contribution is -0.116. The van der Waals surface area contributed by atoms with Crippen LogP contribution in [0.4, 0.5) is 5.13 Å². The highest BCUT2D eigenvalue weighted by Gasteiger charge is 2.20. The normalized spacial score (nSPS) is 17.1. The fourth-order valence-electron chi connectivity index (χ4n) is 2.57. The lowest BCUT2D eigenvalue weighted by Gasteiger charge is -2.20. The zero-order valence-electron chi connectivity index (χ0n) is 12.7. The van der Waals surface area contributed by atoms with Crippen LogP contribution in [0.2, 0.25) is 0 Å². The second kappa shape index (κ2) is 6.66. The Morgan fingerprint density at radius 1 is 1.30 bits per heavy atom. The lowest BCUT2D eigenvalue weighted by atomic mass is 9.86. The fraction of sp³-hybridized carbons (Fsp3) is 0.800. The average molecular weight is 295 g/mol. The molecule has 5 heteroatoms. The van der Waals surface area contributed by atoms with Crippen molar-refractivity contribution >= 4 is 22.6 Å². The molecule has 1 aliphatic rings. The molecule has 1 N–H and O–H groups in total. The Bertz CT molecular complexity index is 444. The summed E-state index contributed by atoms with van der Waals surface area (Å²) in [7, 11) is 0. The van der Waals surface area contributed by atoms with Crippen molar-refractivity contribution in [2.45, 2.75) is 71.1 Å². The maximum absolute atomic E-state index is 11.9. The monoisotopic (exact) mass is 295 g/mol. The van der Waals surface area contributed by atoms with Crippen molar-refractivity contribution in [1.82, 2.24) is 9.36 Å². The van der Waals surface area contributed by atoms with Gasteiger partial charge in [-0.2, -0.15) is 4.37 Å². The molecule has 1 aromatic heterocycles. The number of aromatic nitrogens is 2. The van der Waals surface area contributed by atoms with Gasteiger partial charge in [-0.05, 0) is 12.3 Å². The van der Waals surface area contributed by atoms with Crippen LogP contribution in [0.3, 0.4) is 0 Å². The van der Waals surface area contributed by atoms with Crippen LogP contribution in [-0.2, 0) is 10.2 Å². The van der Waals surface area contributed by atoms with Gasteiger partial charge in [-0.1, -0.05) is 52.9 Å². The summed E-state index contributed by atoms with van der Waals surface area (Å²) in [6.45, 7) is 6.22. The van der Waals surface area contributed by atoms with E-state index in [4.69, 9.17) is 0 Å². The van der Waals surface area contributed by atoms with E-state index in [9.17, 15) is 4.79 Å². The molecule has 0 bridgehead atoms. The molecule has 1 saturated carbocycles. The molecule has 0 saturated heterocycles. The molecule has 0 aliphatic heterocycles. The number of carbonyl (C=O) groups is 1. The van der Waals surface area contributed by atoms with E-state index in [1.165, 1.54) is 43.6 Å². The molecule has 2 rings (SSSR count). The Morgan fingerprint density at radius 3 is 2.60 bits per heavy atom. The highest BCUT2D eigenvalue weighted by atomic mass is 32.1. The van der Waals surface area contributed by atoms with Crippen LogP contribution >= 0.6 is 11.5 Å². The van der Waals surface area contributed by atoms with E-state index < -0.39 is 0 Å². The minimum absolute atomic E-state index is 0.0679. The second-order valence-corrected chi connectivity index (χ2v) is 7.52. The number of hydrogen-bond donors (Lipinski definition) is 1.